The fourth-order valence-electron chi connectivity index (χ4n) is 3.12. The van der Waals surface area contributed by atoms with Crippen molar-refractivity contribution in [2.24, 2.45) is 0 Å². The van der Waals surface area contributed by atoms with Crippen molar-refractivity contribution >= 4 is 29.4 Å². The third-order valence-electron chi connectivity index (χ3n) is 4.22. The first-order valence-electron chi connectivity index (χ1n) is 7.82. The summed E-state index contributed by atoms with van der Waals surface area (Å²) >= 11 is 0. The average molecular weight is 351 g/mol. The number of hydrogen-bond donors (Lipinski definition) is 1. The molecule has 3 rings (SSSR count). The Balaban J connectivity index is 1.69. The molecule has 7 nitrogen and oxygen atoms in total. The summed E-state index contributed by atoms with van der Waals surface area (Å²) in [5, 5.41) is 2.20. The minimum atomic E-state index is -1.07. The van der Waals surface area contributed by atoms with Gasteiger partial charge in [0.05, 0.1) is 0 Å². The van der Waals surface area contributed by atoms with E-state index in [4.69, 9.17) is 0 Å². The zero-order valence-electron chi connectivity index (χ0n) is 13.1. The van der Waals surface area contributed by atoms with Crippen LogP contribution < -0.4 is 5.32 Å². The van der Waals surface area contributed by atoms with Crippen molar-refractivity contribution < 1.29 is 28.0 Å². The number of urea groups is 1. The highest BCUT2D eigenvalue weighted by atomic mass is 19.1. The van der Waals surface area contributed by atoms with Gasteiger partial charge in [0, 0.05) is 17.8 Å². The maximum absolute atomic E-state index is 13.1. The third kappa shape index (κ3) is 3.35. The molecule has 2 fully saturated rings. The highest BCUT2D eigenvalue weighted by molar-refractivity contribution is 6.45. The topological polar surface area (TPSA) is 86.8 Å². The van der Waals surface area contributed by atoms with Crippen LogP contribution >= 0.6 is 0 Å². The van der Waals surface area contributed by atoms with Crippen LogP contribution in [0.3, 0.4) is 0 Å². The van der Waals surface area contributed by atoms with Crippen LogP contribution in [0.4, 0.5) is 19.3 Å². The van der Waals surface area contributed by atoms with Gasteiger partial charge >= 0.3 is 17.8 Å². The summed E-state index contributed by atoms with van der Waals surface area (Å²) in [6.07, 6.45) is 2.99. The molecule has 1 aromatic carbocycles. The molecule has 1 aliphatic heterocycles. The van der Waals surface area contributed by atoms with E-state index < -0.39 is 41.9 Å². The van der Waals surface area contributed by atoms with Crippen LogP contribution in [0.2, 0.25) is 0 Å². The second-order valence-electron chi connectivity index (χ2n) is 5.99. The van der Waals surface area contributed by atoms with Gasteiger partial charge in [0.1, 0.15) is 18.2 Å². The SMILES string of the molecule is O=C(CN1C(=O)C(=O)N(C2CCCC2)C1=O)Nc1cc(F)cc(F)c1. The molecule has 9 heteroatoms. The number of nitrogens with one attached hydrogen (secondary N) is 1. The molecule has 1 heterocycles. The number of benzene rings is 1. The molecule has 1 saturated carbocycles. The van der Waals surface area contributed by atoms with Gasteiger partial charge in [-0.25, -0.2) is 18.5 Å². The smallest absolute Gasteiger partial charge is 0.324 e. The van der Waals surface area contributed by atoms with E-state index in [0.29, 0.717) is 23.8 Å². The average Bonchev–Trinajstić information content (AvgIpc) is 3.10. The Morgan fingerprint density at radius 2 is 1.64 bits per heavy atom. The number of anilines is 1. The molecule has 5 amide bonds. The van der Waals surface area contributed by atoms with Gasteiger partial charge in [0.2, 0.25) is 5.91 Å². The third-order valence-corrected chi connectivity index (χ3v) is 4.22. The molecule has 0 aromatic heterocycles. The Hall–Kier alpha value is -2.84. The van der Waals surface area contributed by atoms with Crippen LogP contribution in [0, 0.1) is 11.6 Å². The Kier molecular flexibility index (Phi) is 4.47. The van der Waals surface area contributed by atoms with Gasteiger partial charge in [-0.15, -0.1) is 0 Å². The number of hydrogen-bond acceptors (Lipinski definition) is 4. The van der Waals surface area contributed by atoms with E-state index in [1.54, 1.807) is 0 Å². The molecule has 0 radical (unpaired) electrons. The Morgan fingerprint density at radius 3 is 2.24 bits per heavy atom. The van der Waals surface area contributed by atoms with Crippen LogP contribution in [0.1, 0.15) is 25.7 Å². The molecule has 1 saturated heterocycles. The fraction of sp³-hybridized carbons (Fsp3) is 0.375. The second kappa shape index (κ2) is 6.58. The summed E-state index contributed by atoms with van der Waals surface area (Å²) in [4.78, 5) is 49.8. The van der Waals surface area contributed by atoms with Crippen molar-refractivity contribution in [2.75, 3.05) is 11.9 Å². The molecule has 25 heavy (non-hydrogen) atoms. The predicted octanol–water partition coefficient (Wildman–Crippen LogP) is 1.64. The molecule has 2 aliphatic rings. The first-order valence-corrected chi connectivity index (χ1v) is 7.82. The minimum Gasteiger partial charge on any atom is -0.324 e. The fourth-order valence-corrected chi connectivity index (χ4v) is 3.12. The summed E-state index contributed by atoms with van der Waals surface area (Å²) in [7, 11) is 0. The molecule has 0 atom stereocenters. The summed E-state index contributed by atoms with van der Waals surface area (Å²) < 4.78 is 26.2. The molecule has 0 bridgehead atoms. The number of imide groups is 2. The lowest BCUT2D eigenvalue weighted by molar-refractivity contribution is -0.144. The van der Waals surface area contributed by atoms with E-state index in [1.165, 1.54) is 0 Å². The molecule has 0 unspecified atom stereocenters. The Labute approximate surface area is 141 Å². The zero-order chi connectivity index (χ0) is 18.1. The number of halogens is 2. The lowest BCUT2D eigenvalue weighted by Gasteiger charge is -2.20. The maximum Gasteiger partial charge on any atom is 0.334 e. The van der Waals surface area contributed by atoms with E-state index in [1.807, 2.05) is 0 Å². The first-order chi connectivity index (χ1) is 11.9. The quantitative estimate of drug-likeness (QED) is 0.660. The predicted molar refractivity (Wildman–Crippen MR) is 81.2 cm³/mol. The van der Waals surface area contributed by atoms with Crippen molar-refractivity contribution in [3.8, 4) is 0 Å². The number of nitrogens with zero attached hydrogens (tertiary/aromatic N) is 2. The largest absolute Gasteiger partial charge is 0.334 e. The number of amides is 5. The highest BCUT2D eigenvalue weighted by Crippen LogP contribution is 2.27. The van der Waals surface area contributed by atoms with Gasteiger partial charge in [0.15, 0.2) is 0 Å². The number of carbonyl (C=O) groups excluding carboxylic acids is 4. The summed E-state index contributed by atoms with van der Waals surface area (Å²) in [5.74, 6) is -4.62. The highest BCUT2D eigenvalue weighted by Gasteiger charge is 2.48. The zero-order valence-corrected chi connectivity index (χ0v) is 13.1. The van der Waals surface area contributed by atoms with Crippen LogP contribution in [-0.2, 0) is 14.4 Å². The van der Waals surface area contributed by atoms with E-state index in [0.717, 1.165) is 29.9 Å². The van der Waals surface area contributed by atoms with E-state index in [-0.39, 0.29) is 11.7 Å². The summed E-state index contributed by atoms with van der Waals surface area (Å²) in [6.45, 7) is -0.704. The first kappa shape index (κ1) is 17.0. The van der Waals surface area contributed by atoms with Crippen molar-refractivity contribution in [3.63, 3.8) is 0 Å². The molecule has 1 N–H and O–H groups in total. The van der Waals surface area contributed by atoms with Gasteiger partial charge in [0.25, 0.3) is 0 Å². The summed E-state index contributed by atoms with van der Waals surface area (Å²) in [5.41, 5.74) is -0.152. The van der Waals surface area contributed by atoms with Crippen molar-refractivity contribution in [3.05, 3.63) is 29.8 Å². The van der Waals surface area contributed by atoms with Crippen molar-refractivity contribution in [1.82, 2.24) is 9.80 Å². The van der Waals surface area contributed by atoms with E-state index in [2.05, 4.69) is 5.32 Å². The lowest BCUT2D eigenvalue weighted by Crippen LogP contribution is -2.41. The molecule has 0 spiro atoms. The van der Waals surface area contributed by atoms with Gasteiger partial charge < -0.3 is 5.32 Å². The molecular weight excluding hydrogens is 336 g/mol. The van der Waals surface area contributed by atoms with Crippen molar-refractivity contribution in [1.29, 1.82) is 0 Å². The summed E-state index contributed by atoms with van der Waals surface area (Å²) in [6, 6.07) is 1.27. The van der Waals surface area contributed by atoms with Gasteiger partial charge in [-0.1, -0.05) is 12.8 Å². The number of carbonyl (C=O) groups is 4. The molecule has 1 aliphatic carbocycles. The Bertz CT molecular complexity index is 741. The maximum atomic E-state index is 13.1. The molecular formula is C16H15F2N3O4. The number of rotatable bonds is 4. The van der Waals surface area contributed by atoms with Crippen LogP contribution in [0.25, 0.3) is 0 Å². The lowest BCUT2D eigenvalue weighted by atomic mass is 10.2. The molecule has 132 valence electrons. The van der Waals surface area contributed by atoms with E-state index >= 15 is 0 Å². The van der Waals surface area contributed by atoms with Crippen LogP contribution in [0.5, 0.6) is 0 Å². The monoisotopic (exact) mass is 351 g/mol. The molecule has 1 aromatic rings. The second-order valence-corrected chi connectivity index (χ2v) is 5.99. The van der Waals surface area contributed by atoms with Crippen LogP contribution in [-0.4, -0.2) is 46.1 Å². The van der Waals surface area contributed by atoms with E-state index in [9.17, 15) is 28.0 Å². The van der Waals surface area contributed by atoms with Gasteiger partial charge in [-0.2, -0.15) is 0 Å². The van der Waals surface area contributed by atoms with Gasteiger partial charge in [-0.05, 0) is 25.0 Å². The van der Waals surface area contributed by atoms with Crippen molar-refractivity contribution in [2.45, 2.75) is 31.7 Å². The Morgan fingerprint density at radius 1 is 1.04 bits per heavy atom. The van der Waals surface area contributed by atoms with Crippen LogP contribution in [0.15, 0.2) is 18.2 Å². The van der Waals surface area contributed by atoms with Gasteiger partial charge in [-0.3, -0.25) is 19.3 Å². The normalized spacial score (nSPS) is 18.4. The minimum absolute atomic E-state index is 0.152. The standard InChI is InChI=1S/C16H15F2N3O4/c17-9-5-10(18)7-11(6-9)19-13(22)8-20-14(23)15(24)21(16(20)25)12-3-1-2-4-12/h5-7,12H,1-4,8H2,(H,19,22).